The molecule has 0 saturated carbocycles. The van der Waals surface area contributed by atoms with Gasteiger partial charge in [0.05, 0.1) is 17.1 Å². The van der Waals surface area contributed by atoms with E-state index in [0.717, 1.165) is 6.07 Å². The molecule has 0 atom stereocenters. The lowest BCUT2D eigenvalue weighted by atomic mass is 10.1. The molecule has 7 heteroatoms. The molecule has 2 aromatic rings. The van der Waals surface area contributed by atoms with Crippen LogP contribution in [0.15, 0.2) is 30.3 Å². The second-order valence-corrected chi connectivity index (χ2v) is 4.26. The molecule has 4 N–H and O–H groups in total. The molecule has 1 amide bonds. The quantitative estimate of drug-likeness (QED) is 0.602. The minimum atomic E-state index is -1.31. The summed E-state index contributed by atoms with van der Waals surface area (Å²) in [5.41, 5.74) is 6.03. The van der Waals surface area contributed by atoms with Gasteiger partial charge < -0.3 is 16.4 Å². The Morgan fingerprint density at radius 1 is 1.10 bits per heavy atom. The molecule has 0 heterocycles. The van der Waals surface area contributed by atoms with Gasteiger partial charge in [0, 0.05) is 24.7 Å². The van der Waals surface area contributed by atoms with Crippen molar-refractivity contribution in [3.8, 4) is 0 Å². The molecule has 0 aliphatic heterocycles. The summed E-state index contributed by atoms with van der Waals surface area (Å²) < 4.78 is 39.8. The second kappa shape index (κ2) is 5.74. The van der Waals surface area contributed by atoms with Gasteiger partial charge in [-0.15, -0.1) is 0 Å². The molecule has 2 aromatic carbocycles. The fraction of sp³-hybridized carbons (Fsp3) is 0.0714. The topological polar surface area (TPSA) is 67.2 Å². The van der Waals surface area contributed by atoms with Gasteiger partial charge >= 0.3 is 0 Å². The second-order valence-electron chi connectivity index (χ2n) is 4.26. The molecule has 4 nitrogen and oxygen atoms in total. The maximum absolute atomic E-state index is 13.6. The van der Waals surface area contributed by atoms with Crippen molar-refractivity contribution in [1.82, 2.24) is 5.32 Å². The molecule has 0 spiro atoms. The third-order valence-electron chi connectivity index (χ3n) is 2.80. The van der Waals surface area contributed by atoms with Crippen LogP contribution in [0.5, 0.6) is 0 Å². The summed E-state index contributed by atoms with van der Waals surface area (Å²) in [6.07, 6.45) is 0. The van der Waals surface area contributed by atoms with E-state index in [9.17, 15) is 18.0 Å². The number of benzene rings is 2. The maximum Gasteiger partial charge on any atom is 0.251 e. The number of rotatable bonds is 3. The first-order valence-corrected chi connectivity index (χ1v) is 5.95. The van der Waals surface area contributed by atoms with E-state index in [2.05, 4.69) is 10.6 Å². The molecular weight excluding hydrogens is 283 g/mol. The third kappa shape index (κ3) is 3.07. The average Bonchev–Trinajstić information content (AvgIpc) is 2.45. The van der Waals surface area contributed by atoms with E-state index in [1.54, 1.807) is 0 Å². The van der Waals surface area contributed by atoms with Gasteiger partial charge in [-0.05, 0) is 18.2 Å². The highest BCUT2D eigenvalue weighted by molar-refractivity contribution is 5.96. The number of carbonyl (C=O) groups excluding carboxylic acids is 1. The molecule has 0 aliphatic carbocycles. The Morgan fingerprint density at radius 3 is 2.43 bits per heavy atom. The Balaban J connectivity index is 2.35. The zero-order chi connectivity index (χ0) is 15.6. The van der Waals surface area contributed by atoms with Crippen LogP contribution in [0, 0.1) is 17.5 Å². The van der Waals surface area contributed by atoms with E-state index in [1.807, 2.05) is 0 Å². The fourth-order valence-electron chi connectivity index (χ4n) is 1.75. The average molecular weight is 295 g/mol. The van der Waals surface area contributed by atoms with Crippen molar-refractivity contribution in [2.75, 3.05) is 18.1 Å². The number of nitrogen functional groups attached to an aromatic ring is 1. The number of hydrogen-bond acceptors (Lipinski definition) is 3. The largest absolute Gasteiger partial charge is 0.397 e. The van der Waals surface area contributed by atoms with Gasteiger partial charge in [-0.1, -0.05) is 0 Å². The van der Waals surface area contributed by atoms with Gasteiger partial charge in [0.25, 0.3) is 5.91 Å². The highest BCUT2D eigenvalue weighted by atomic mass is 19.2. The van der Waals surface area contributed by atoms with Crippen LogP contribution in [-0.4, -0.2) is 13.0 Å². The lowest BCUT2D eigenvalue weighted by Gasteiger charge is -2.12. The number of anilines is 3. The van der Waals surface area contributed by atoms with Gasteiger partial charge in [0.1, 0.15) is 5.82 Å². The third-order valence-corrected chi connectivity index (χ3v) is 2.80. The van der Waals surface area contributed by atoms with Gasteiger partial charge in [-0.2, -0.15) is 0 Å². The van der Waals surface area contributed by atoms with Crippen molar-refractivity contribution >= 4 is 23.0 Å². The Morgan fingerprint density at radius 2 is 1.81 bits per heavy atom. The summed E-state index contributed by atoms with van der Waals surface area (Å²) >= 11 is 0. The molecular formula is C14H12F3N3O. The van der Waals surface area contributed by atoms with Gasteiger partial charge in [0.15, 0.2) is 11.6 Å². The van der Waals surface area contributed by atoms with E-state index in [-0.39, 0.29) is 23.0 Å². The summed E-state index contributed by atoms with van der Waals surface area (Å²) in [6, 6.07) is 5.49. The predicted octanol–water partition coefficient (Wildman–Crippen LogP) is 2.79. The Labute approximate surface area is 118 Å². The molecule has 21 heavy (non-hydrogen) atoms. The van der Waals surface area contributed by atoms with Gasteiger partial charge in [-0.3, -0.25) is 4.79 Å². The molecule has 110 valence electrons. The standard InChI is InChI=1S/C14H12F3N3O/c1-19-14(21)7-2-3-11(10(18)4-7)20-12-6-8(15)5-9(16)13(12)17/h2-6,20H,18H2,1H3,(H,19,21). The van der Waals surface area contributed by atoms with Gasteiger partial charge in [-0.25, -0.2) is 13.2 Å². The molecule has 0 saturated heterocycles. The molecule has 2 rings (SSSR count). The van der Waals surface area contributed by atoms with Crippen molar-refractivity contribution in [2.45, 2.75) is 0 Å². The van der Waals surface area contributed by atoms with Crippen LogP contribution in [-0.2, 0) is 0 Å². The highest BCUT2D eigenvalue weighted by Crippen LogP contribution is 2.27. The van der Waals surface area contributed by atoms with E-state index >= 15 is 0 Å². The van der Waals surface area contributed by atoms with Crippen LogP contribution < -0.4 is 16.4 Å². The zero-order valence-electron chi connectivity index (χ0n) is 11.0. The predicted molar refractivity (Wildman–Crippen MR) is 73.8 cm³/mol. The van der Waals surface area contributed by atoms with Crippen LogP contribution in [0.25, 0.3) is 0 Å². The Hall–Kier alpha value is -2.70. The molecule has 0 bridgehead atoms. The van der Waals surface area contributed by atoms with Crippen molar-refractivity contribution in [2.24, 2.45) is 0 Å². The minimum Gasteiger partial charge on any atom is -0.397 e. The SMILES string of the molecule is CNC(=O)c1ccc(Nc2cc(F)cc(F)c2F)c(N)c1. The zero-order valence-corrected chi connectivity index (χ0v) is 11.0. The monoisotopic (exact) mass is 295 g/mol. The van der Waals surface area contributed by atoms with Crippen LogP contribution in [0.1, 0.15) is 10.4 Å². The first kappa shape index (κ1) is 14.7. The van der Waals surface area contributed by atoms with Gasteiger partial charge in [0.2, 0.25) is 0 Å². The Bertz CT molecular complexity index is 704. The van der Waals surface area contributed by atoms with Crippen LogP contribution in [0.2, 0.25) is 0 Å². The normalized spacial score (nSPS) is 10.3. The molecule has 0 radical (unpaired) electrons. The van der Waals surface area contributed by atoms with E-state index in [0.29, 0.717) is 11.6 Å². The lowest BCUT2D eigenvalue weighted by molar-refractivity contribution is 0.0963. The van der Waals surface area contributed by atoms with E-state index in [4.69, 9.17) is 5.73 Å². The van der Waals surface area contributed by atoms with E-state index < -0.39 is 17.5 Å². The van der Waals surface area contributed by atoms with Crippen LogP contribution in [0.3, 0.4) is 0 Å². The number of halogens is 3. The Kier molecular flexibility index (Phi) is 4.02. The maximum atomic E-state index is 13.6. The van der Waals surface area contributed by atoms with E-state index in [1.165, 1.54) is 25.2 Å². The summed E-state index contributed by atoms with van der Waals surface area (Å²) in [6.45, 7) is 0. The first-order valence-electron chi connectivity index (χ1n) is 5.95. The first-order chi connectivity index (χ1) is 9.92. The fourth-order valence-corrected chi connectivity index (χ4v) is 1.75. The highest BCUT2D eigenvalue weighted by Gasteiger charge is 2.13. The summed E-state index contributed by atoms with van der Waals surface area (Å²) in [5.74, 6) is -3.78. The van der Waals surface area contributed by atoms with Crippen LogP contribution in [0.4, 0.5) is 30.2 Å². The number of amides is 1. The molecule has 0 aliphatic rings. The number of hydrogen-bond donors (Lipinski definition) is 3. The van der Waals surface area contributed by atoms with Crippen molar-refractivity contribution < 1.29 is 18.0 Å². The number of carbonyl (C=O) groups is 1. The lowest BCUT2D eigenvalue weighted by Crippen LogP contribution is -2.18. The smallest absolute Gasteiger partial charge is 0.251 e. The van der Waals surface area contributed by atoms with Crippen molar-refractivity contribution in [3.05, 3.63) is 53.3 Å². The summed E-state index contributed by atoms with van der Waals surface area (Å²) in [5, 5.41) is 4.92. The summed E-state index contributed by atoms with van der Waals surface area (Å²) in [7, 11) is 1.47. The molecule has 0 aromatic heterocycles. The molecule has 0 unspecified atom stereocenters. The number of nitrogens with one attached hydrogen (secondary N) is 2. The number of nitrogens with two attached hydrogens (primary N) is 1. The summed E-state index contributed by atoms with van der Waals surface area (Å²) in [4.78, 5) is 11.4. The van der Waals surface area contributed by atoms with Crippen LogP contribution >= 0.6 is 0 Å². The van der Waals surface area contributed by atoms with Crippen molar-refractivity contribution in [1.29, 1.82) is 0 Å². The van der Waals surface area contributed by atoms with Crippen molar-refractivity contribution in [3.63, 3.8) is 0 Å². The molecule has 0 fully saturated rings. The minimum absolute atomic E-state index is 0.139.